The van der Waals surface area contributed by atoms with Crippen molar-refractivity contribution in [1.29, 1.82) is 0 Å². The van der Waals surface area contributed by atoms with Gasteiger partial charge in [0, 0.05) is 109 Å². The Hall–Kier alpha value is -5.30. The Morgan fingerprint density at radius 3 is 2.13 bits per heavy atom. The number of hydrogen-bond acceptors (Lipinski definition) is 11. The van der Waals surface area contributed by atoms with Crippen molar-refractivity contribution < 1.29 is 46.4 Å². The van der Waals surface area contributed by atoms with Crippen LogP contribution in [0, 0.1) is 6.92 Å². The molecule has 5 aromatic carbocycles. The minimum atomic E-state index is -5.98. The molecule has 3 atom stereocenters. The molecule has 6 aromatic rings. The third-order valence-electron chi connectivity index (χ3n) is 14.8. The monoisotopic (exact) mass is 1100 g/mol. The van der Waals surface area contributed by atoms with E-state index in [2.05, 4.69) is 20.0 Å². The number of piperidine rings is 1. The number of aromatic carboxylic acids is 1. The highest BCUT2D eigenvalue weighted by Crippen LogP contribution is 2.66. The van der Waals surface area contributed by atoms with E-state index in [0.29, 0.717) is 104 Å². The van der Waals surface area contributed by atoms with Gasteiger partial charge in [0.15, 0.2) is 0 Å². The molecule has 0 saturated carbocycles. The van der Waals surface area contributed by atoms with Crippen LogP contribution >= 0.6 is 30.7 Å². The highest BCUT2D eigenvalue weighted by atomic mass is 35.5. The summed E-state index contributed by atoms with van der Waals surface area (Å²) in [5.41, 5.74) is -0.375. The van der Waals surface area contributed by atoms with Crippen LogP contribution in [0.3, 0.4) is 0 Å². The van der Waals surface area contributed by atoms with Crippen molar-refractivity contribution in [2.24, 2.45) is 0 Å². The molecule has 20 heteroatoms. The van der Waals surface area contributed by atoms with Crippen LogP contribution in [0.2, 0.25) is 5.02 Å². The first-order valence-corrected chi connectivity index (χ1v) is 29.7. The van der Waals surface area contributed by atoms with Gasteiger partial charge in [-0.15, -0.1) is 16.6 Å². The first-order chi connectivity index (χ1) is 35.9. The van der Waals surface area contributed by atoms with E-state index in [9.17, 15) is 41.8 Å². The van der Waals surface area contributed by atoms with Gasteiger partial charge in [0.25, 0.3) is 9.84 Å². The largest absolute Gasteiger partial charge is 0.501 e. The predicted molar refractivity (Wildman–Crippen MR) is 292 cm³/mol. The maximum Gasteiger partial charge on any atom is 0.501 e. The summed E-state index contributed by atoms with van der Waals surface area (Å²) in [7, 11) is -10.1. The number of aromatic nitrogens is 1. The van der Waals surface area contributed by atoms with Crippen LogP contribution in [0.25, 0.3) is 22.4 Å². The molecule has 4 N–H and O–H groups in total. The molecule has 0 amide bonds. The maximum absolute atomic E-state index is 15.3. The summed E-state index contributed by atoms with van der Waals surface area (Å²) in [4.78, 5) is 20.0. The number of nitrogens with one attached hydrogen (secondary N) is 1. The van der Waals surface area contributed by atoms with E-state index in [4.69, 9.17) is 11.6 Å². The SMILES string of the molecule is CCn1c(C)c(C(=O)O)c(-c2cccc(N3CCN(c4ccc([C@H]5CCN(O)P5(=O)c5ccc(N[C@H](CCN6CCC(O)CC6)CSc6ccccc6)c(S(=O)(=O)C(F)(F)F)c5)cc4)CC3)c2)c1-c1ccc(Cl)cc1. The van der Waals surface area contributed by atoms with E-state index in [1.807, 2.05) is 109 Å². The molecular weight excluding hydrogens is 1040 g/mol. The molecule has 3 saturated heterocycles. The molecule has 0 bridgehead atoms. The normalized spacial score (nSPS) is 19.7. The molecule has 13 nitrogen and oxygen atoms in total. The molecule has 0 aliphatic carbocycles. The number of aliphatic hydroxyl groups is 1. The fourth-order valence-corrected chi connectivity index (χ4v) is 15.9. The van der Waals surface area contributed by atoms with Crippen LogP contribution in [0.1, 0.15) is 59.9 Å². The van der Waals surface area contributed by atoms with Crippen LogP contribution in [0.5, 0.6) is 0 Å². The number of sulfone groups is 1. The summed E-state index contributed by atoms with van der Waals surface area (Å²) in [5, 5.41) is 35.3. The first kappa shape index (κ1) is 54.5. The molecular formula is C55H61ClF3N6O7PS2. The van der Waals surface area contributed by atoms with E-state index in [1.165, 1.54) is 23.9 Å². The van der Waals surface area contributed by atoms with Crippen molar-refractivity contribution in [3.63, 3.8) is 0 Å². The lowest BCUT2D eigenvalue weighted by Crippen LogP contribution is -2.46. The van der Waals surface area contributed by atoms with Gasteiger partial charge in [-0.1, -0.05) is 66.2 Å². The minimum absolute atomic E-state index is 0.0510. The lowest BCUT2D eigenvalue weighted by atomic mass is 9.96. The second kappa shape index (κ2) is 22.7. The lowest BCUT2D eigenvalue weighted by Gasteiger charge is -2.37. The van der Waals surface area contributed by atoms with Crippen molar-refractivity contribution in [3.05, 3.63) is 143 Å². The second-order valence-electron chi connectivity index (χ2n) is 19.3. The number of carboxylic acid groups (broad SMARTS) is 1. The number of piperazine rings is 1. The van der Waals surface area contributed by atoms with E-state index in [0.717, 1.165) is 39.2 Å². The van der Waals surface area contributed by atoms with Crippen molar-refractivity contribution in [3.8, 4) is 22.4 Å². The molecule has 0 radical (unpaired) electrons. The number of hydrogen-bond donors (Lipinski definition) is 4. The van der Waals surface area contributed by atoms with Gasteiger partial charge in [-0.2, -0.15) is 13.2 Å². The minimum Gasteiger partial charge on any atom is -0.478 e. The van der Waals surface area contributed by atoms with Crippen LogP contribution in [0.15, 0.2) is 131 Å². The van der Waals surface area contributed by atoms with Crippen LogP contribution in [-0.4, -0.2) is 120 Å². The second-order valence-corrected chi connectivity index (χ2v) is 25.6. The molecule has 3 aliphatic rings. The topological polar surface area (TPSA) is 159 Å². The van der Waals surface area contributed by atoms with Gasteiger partial charge >= 0.3 is 11.5 Å². The standard InChI is InChI=1S/C55H61ClF3N6O7PS2/c1-3-64-37(2)51(54(67)68)52(53(64)39-12-16-41(56)17-13-39)40-8-7-9-44(34-40)63-32-30-62(31-33-63)43-18-14-38(15-19-43)49-25-29-65(69)73(49,70)46-20-21-48(50(35-46)75(71,72)55(57,58)59)60-42(36-74-47-10-5-4-6-11-47)22-26-61-27-23-45(66)24-28-61/h4-21,34-35,42,45,49,60,66,69H,3,22-33,36H2,1-2H3,(H,67,68)/t42-,49-,73?/m1/s1. The van der Waals surface area contributed by atoms with Gasteiger partial charge in [0.05, 0.1) is 28.7 Å². The highest BCUT2D eigenvalue weighted by Gasteiger charge is 2.51. The third kappa shape index (κ3) is 11.4. The van der Waals surface area contributed by atoms with E-state index < -0.39 is 45.2 Å². The Balaban J connectivity index is 0.932. The van der Waals surface area contributed by atoms with Crippen molar-refractivity contribution in [1.82, 2.24) is 14.3 Å². The number of carboxylic acids is 1. The molecule has 1 unspecified atom stereocenters. The number of benzene rings is 5. The Labute approximate surface area is 445 Å². The number of carbonyl (C=O) groups is 1. The van der Waals surface area contributed by atoms with Crippen LogP contribution in [-0.2, 0) is 20.9 Å². The quantitative estimate of drug-likeness (QED) is 0.0505. The maximum atomic E-state index is 15.3. The molecule has 3 fully saturated rings. The van der Waals surface area contributed by atoms with Crippen LogP contribution in [0.4, 0.5) is 30.2 Å². The van der Waals surface area contributed by atoms with Crippen molar-refractivity contribution in [2.75, 3.05) is 73.2 Å². The summed E-state index contributed by atoms with van der Waals surface area (Å²) < 4.78 is 87.9. The van der Waals surface area contributed by atoms with Gasteiger partial charge in [-0.3, -0.25) is 4.57 Å². The van der Waals surface area contributed by atoms with Crippen LogP contribution < -0.4 is 20.4 Å². The average Bonchev–Trinajstić information content (AvgIpc) is 3.90. The lowest BCUT2D eigenvalue weighted by molar-refractivity contribution is -0.0435. The van der Waals surface area contributed by atoms with Gasteiger partial charge in [0.1, 0.15) is 4.90 Å². The summed E-state index contributed by atoms with van der Waals surface area (Å²) in [5.74, 6) is -0.607. The Morgan fingerprint density at radius 2 is 1.49 bits per heavy atom. The number of likely N-dealkylation sites (tertiary alicyclic amines) is 1. The molecule has 9 rings (SSSR count). The van der Waals surface area contributed by atoms with Gasteiger partial charge < -0.3 is 40.0 Å². The molecule has 0 spiro atoms. The summed E-state index contributed by atoms with van der Waals surface area (Å²) in [6.07, 6.45) is 1.51. The van der Waals surface area contributed by atoms with Gasteiger partial charge in [-0.25, -0.2) is 13.2 Å². The number of halogens is 4. The third-order valence-corrected chi connectivity index (χ3v) is 21.1. The molecule has 1 aromatic heterocycles. The number of aliphatic hydroxyl groups excluding tert-OH is 1. The number of rotatable bonds is 17. The number of anilines is 3. The van der Waals surface area contributed by atoms with Gasteiger partial charge in [0.2, 0.25) is 7.29 Å². The number of alkyl halides is 3. The van der Waals surface area contributed by atoms with Crippen molar-refractivity contribution in [2.45, 2.75) is 79.2 Å². The zero-order valence-electron chi connectivity index (χ0n) is 41.7. The first-order valence-electron chi connectivity index (χ1n) is 25.2. The number of thioether (sulfide) groups is 1. The number of nitrogens with zero attached hydrogens (tertiary/aromatic N) is 5. The Morgan fingerprint density at radius 1 is 0.827 bits per heavy atom. The summed E-state index contributed by atoms with van der Waals surface area (Å²) in [6, 6.07) is 35.2. The van der Waals surface area contributed by atoms with E-state index >= 15 is 4.57 Å². The Bertz CT molecular complexity index is 3150. The zero-order chi connectivity index (χ0) is 53.2. The molecule has 4 heterocycles. The number of hydroxylamine groups is 1. The molecule has 398 valence electrons. The Kier molecular flexibility index (Phi) is 16.5. The zero-order valence-corrected chi connectivity index (χ0v) is 44.9. The van der Waals surface area contributed by atoms with Gasteiger partial charge in [-0.05, 0) is 123 Å². The van der Waals surface area contributed by atoms with E-state index in [-0.39, 0.29) is 35.6 Å². The van der Waals surface area contributed by atoms with E-state index in [1.54, 1.807) is 12.1 Å². The molecule has 3 aliphatic heterocycles. The molecule has 75 heavy (non-hydrogen) atoms. The fourth-order valence-electron chi connectivity index (χ4n) is 10.8. The smallest absolute Gasteiger partial charge is 0.478 e. The highest BCUT2D eigenvalue weighted by molar-refractivity contribution is 7.99. The summed E-state index contributed by atoms with van der Waals surface area (Å²) in [6.45, 7) is 8.82. The predicted octanol–water partition coefficient (Wildman–Crippen LogP) is 11.3. The average molecular weight is 1110 g/mol. The fraction of sp³-hybridized carbons (Fsp3) is 0.364. The van der Waals surface area contributed by atoms with Crippen molar-refractivity contribution >= 4 is 68.8 Å². The summed E-state index contributed by atoms with van der Waals surface area (Å²) >= 11 is 7.73.